The molecule has 0 bridgehead atoms. The summed E-state index contributed by atoms with van der Waals surface area (Å²) in [4.78, 5) is 28.4. The standard InChI is InChI=1S/C21H24N6OS/c1-15-9-16(2)11-17(10-15)25-21-27(8-7-26-6-5-24-20(28)13-26)19(14-29-21)18-12-22-3-4-23-18/h3-4,9-12,14H,5-8,13H2,1-2H3,(H,24,28). The second kappa shape index (κ2) is 8.67. The van der Waals surface area contributed by atoms with Gasteiger partial charge in [0, 0.05) is 44.0 Å². The van der Waals surface area contributed by atoms with Crippen LogP contribution in [0.5, 0.6) is 0 Å². The second-order valence-corrected chi connectivity index (χ2v) is 8.07. The molecule has 3 heterocycles. The van der Waals surface area contributed by atoms with Crippen LogP contribution in [0.4, 0.5) is 5.69 Å². The summed E-state index contributed by atoms with van der Waals surface area (Å²) in [6, 6.07) is 6.33. The first-order chi connectivity index (χ1) is 14.1. The molecule has 8 heteroatoms. The van der Waals surface area contributed by atoms with Gasteiger partial charge in [0.2, 0.25) is 5.91 Å². The predicted octanol–water partition coefficient (Wildman–Crippen LogP) is 2.29. The molecular formula is C21H24N6OS. The number of nitrogens with zero attached hydrogens (tertiary/aromatic N) is 5. The van der Waals surface area contributed by atoms with Crippen LogP contribution in [0.25, 0.3) is 11.4 Å². The second-order valence-electron chi connectivity index (χ2n) is 7.23. The van der Waals surface area contributed by atoms with Gasteiger partial charge in [0.15, 0.2) is 4.80 Å². The van der Waals surface area contributed by atoms with Crippen LogP contribution in [0, 0.1) is 13.8 Å². The van der Waals surface area contributed by atoms with Crippen molar-refractivity contribution in [1.29, 1.82) is 0 Å². The van der Waals surface area contributed by atoms with Gasteiger partial charge < -0.3 is 9.88 Å². The van der Waals surface area contributed by atoms with E-state index in [4.69, 9.17) is 4.99 Å². The summed E-state index contributed by atoms with van der Waals surface area (Å²) in [5, 5.41) is 4.95. The smallest absolute Gasteiger partial charge is 0.234 e. The molecule has 1 fully saturated rings. The van der Waals surface area contributed by atoms with Crippen LogP contribution in [0.1, 0.15) is 11.1 Å². The lowest BCUT2D eigenvalue weighted by molar-refractivity contribution is -0.124. The lowest BCUT2D eigenvalue weighted by Crippen LogP contribution is -2.48. The van der Waals surface area contributed by atoms with E-state index < -0.39 is 0 Å². The zero-order valence-corrected chi connectivity index (χ0v) is 17.4. The van der Waals surface area contributed by atoms with Gasteiger partial charge in [-0.25, -0.2) is 4.99 Å². The van der Waals surface area contributed by atoms with Gasteiger partial charge in [0.05, 0.1) is 24.1 Å². The van der Waals surface area contributed by atoms with Gasteiger partial charge in [0.1, 0.15) is 5.69 Å². The molecule has 1 aromatic carbocycles. The summed E-state index contributed by atoms with van der Waals surface area (Å²) in [7, 11) is 0. The predicted molar refractivity (Wildman–Crippen MR) is 114 cm³/mol. The monoisotopic (exact) mass is 408 g/mol. The molecule has 0 atom stereocenters. The Hall–Kier alpha value is -2.84. The number of nitrogens with one attached hydrogen (secondary N) is 1. The SMILES string of the molecule is Cc1cc(C)cc(N=c2scc(-c3cnccn3)n2CCN2CCNC(=O)C2)c1. The lowest BCUT2D eigenvalue weighted by atomic mass is 10.1. The molecule has 1 aliphatic heterocycles. The van der Waals surface area contributed by atoms with Crippen molar-refractivity contribution in [2.75, 3.05) is 26.2 Å². The minimum atomic E-state index is 0.0841. The van der Waals surface area contributed by atoms with Crippen LogP contribution in [0.3, 0.4) is 0 Å². The highest BCUT2D eigenvalue weighted by atomic mass is 32.1. The number of hydrogen-bond donors (Lipinski definition) is 1. The molecule has 29 heavy (non-hydrogen) atoms. The minimum absolute atomic E-state index is 0.0841. The molecule has 0 spiro atoms. The number of hydrogen-bond acceptors (Lipinski definition) is 6. The van der Waals surface area contributed by atoms with Crippen molar-refractivity contribution in [2.45, 2.75) is 20.4 Å². The van der Waals surface area contributed by atoms with E-state index in [0.29, 0.717) is 13.1 Å². The van der Waals surface area contributed by atoms with Gasteiger partial charge >= 0.3 is 0 Å². The van der Waals surface area contributed by atoms with Crippen molar-refractivity contribution in [3.8, 4) is 11.4 Å². The topological polar surface area (TPSA) is 75.4 Å². The molecule has 1 aliphatic rings. The zero-order chi connectivity index (χ0) is 20.2. The van der Waals surface area contributed by atoms with Gasteiger partial charge in [-0.1, -0.05) is 6.07 Å². The Labute approximate surface area is 173 Å². The van der Waals surface area contributed by atoms with Crippen LogP contribution in [-0.2, 0) is 11.3 Å². The van der Waals surface area contributed by atoms with E-state index in [0.717, 1.165) is 41.5 Å². The first kappa shape index (κ1) is 19.5. The summed E-state index contributed by atoms with van der Waals surface area (Å²) in [5.74, 6) is 0.0841. The Morgan fingerprint density at radius 2 is 2.00 bits per heavy atom. The van der Waals surface area contributed by atoms with Gasteiger partial charge in [-0.05, 0) is 37.1 Å². The van der Waals surface area contributed by atoms with E-state index in [9.17, 15) is 4.79 Å². The molecule has 0 aliphatic carbocycles. The van der Waals surface area contributed by atoms with Crippen molar-refractivity contribution >= 4 is 22.9 Å². The molecule has 150 valence electrons. The highest BCUT2D eigenvalue weighted by Crippen LogP contribution is 2.20. The normalized spacial score (nSPS) is 15.5. The van der Waals surface area contributed by atoms with Gasteiger partial charge in [-0.2, -0.15) is 0 Å². The van der Waals surface area contributed by atoms with Crippen LogP contribution in [-0.4, -0.2) is 51.5 Å². The minimum Gasteiger partial charge on any atom is -0.354 e. The van der Waals surface area contributed by atoms with E-state index in [1.54, 1.807) is 29.9 Å². The van der Waals surface area contributed by atoms with Crippen molar-refractivity contribution < 1.29 is 4.79 Å². The van der Waals surface area contributed by atoms with Crippen LogP contribution >= 0.6 is 11.3 Å². The summed E-state index contributed by atoms with van der Waals surface area (Å²) in [5.41, 5.74) is 5.15. The molecule has 1 amide bonds. The highest BCUT2D eigenvalue weighted by molar-refractivity contribution is 7.07. The average molecular weight is 409 g/mol. The zero-order valence-electron chi connectivity index (χ0n) is 16.6. The first-order valence-electron chi connectivity index (χ1n) is 9.65. The Morgan fingerprint density at radius 1 is 1.17 bits per heavy atom. The molecular weight excluding hydrogens is 384 g/mol. The third-order valence-electron chi connectivity index (χ3n) is 4.81. The average Bonchev–Trinajstić information content (AvgIpc) is 3.09. The van der Waals surface area contributed by atoms with Crippen LogP contribution in [0.2, 0.25) is 0 Å². The lowest BCUT2D eigenvalue weighted by Gasteiger charge is -2.26. The largest absolute Gasteiger partial charge is 0.354 e. The van der Waals surface area contributed by atoms with E-state index >= 15 is 0 Å². The molecule has 0 radical (unpaired) electrons. The summed E-state index contributed by atoms with van der Waals surface area (Å²) >= 11 is 1.60. The highest BCUT2D eigenvalue weighted by Gasteiger charge is 2.17. The maximum Gasteiger partial charge on any atom is 0.234 e. The molecule has 4 rings (SSSR count). The van der Waals surface area contributed by atoms with Crippen molar-refractivity contribution in [2.24, 2.45) is 4.99 Å². The Balaban J connectivity index is 1.70. The number of amides is 1. The molecule has 1 saturated heterocycles. The molecule has 1 N–H and O–H groups in total. The Morgan fingerprint density at radius 3 is 2.72 bits per heavy atom. The third-order valence-corrected chi connectivity index (χ3v) is 5.68. The fourth-order valence-corrected chi connectivity index (χ4v) is 4.46. The Bertz CT molecular complexity index is 1050. The number of aryl methyl sites for hydroxylation is 2. The van der Waals surface area contributed by atoms with Crippen LogP contribution < -0.4 is 10.1 Å². The van der Waals surface area contributed by atoms with Gasteiger partial charge in [-0.3, -0.25) is 19.7 Å². The number of thiazole rings is 1. The van der Waals surface area contributed by atoms with Crippen molar-refractivity contribution in [3.05, 3.63) is 58.1 Å². The van der Waals surface area contributed by atoms with E-state index in [1.807, 2.05) is 0 Å². The fraction of sp³-hybridized carbons (Fsp3) is 0.333. The Kier molecular flexibility index (Phi) is 5.82. The van der Waals surface area contributed by atoms with Gasteiger partial charge in [-0.15, -0.1) is 11.3 Å². The number of benzene rings is 1. The molecule has 2 aromatic heterocycles. The van der Waals surface area contributed by atoms with Gasteiger partial charge in [0.25, 0.3) is 0 Å². The van der Waals surface area contributed by atoms with E-state index in [-0.39, 0.29) is 5.91 Å². The number of carbonyl (C=O) groups excluding carboxylic acids is 1. The summed E-state index contributed by atoms with van der Waals surface area (Å²) in [6.07, 6.45) is 5.15. The van der Waals surface area contributed by atoms with Crippen molar-refractivity contribution in [3.63, 3.8) is 0 Å². The quantitative estimate of drug-likeness (QED) is 0.703. The summed E-state index contributed by atoms with van der Waals surface area (Å²) in [6.45, 7) is 7.67. The van der Waals surface area contributed by atoms with E-state index in [2.05, 4.69) is 62.2 Å². The first-order valence-corrected chi connectivity index (χ1v) is 10.5. The number of carbonyl (C=O) groups is 1. The fourth-order valence-electron chi connectivity index (χ4n) is 3.52. The molecule has 7 nitrogen and oxygen atoms in total. The summed E-state index contributed by atoms with van der Waals surface area (Å²) < 4.78 is 2.18. The van der Waals surface area contributed by atoms with Crippen molar-refractivity contribution in [1.82, 2.24) is 24.8 Å². The van der Waals surface area contributed by atoms with E-state index in [1.165, 1.54) is 11.1 Å². The number of aromatic nitrogens is 3. The molecule has 0 saturated carbocycles. The maximum atomic E-state index is 11.7. The van der Waals surface area contributed by atoms with Crippen LogP contribution in [0.15, 0.2) is 47.2 Å². The maximum absolute atomic E-state index is 11.7. The molecule has 0 unspecified atom stereocenters. The number of piperazine rings is 1. The third kappa shape index (κ3) is 4.78. The molecule has 3 aromatic rings. The number of rotatable bonds is 5.